The minimum Gasteiger partial charge on any atom is -0.314 e. The van der Waals surface area contributed by atoms with Gasteiger partial charge in [0.05, 0.1) is 0 Å². The van der Waals surface area contributed by atoms with Crippen LogP contribution in [0.25, 0.3) is 0 Å². The first-order valence-corrected chi connectivity index (χ1v) is 9.03. The smallest absolute Gasteiger partial charge is 0.0108 e. The molecule has 1 aliphatic carbocycles. The zero-order valence-electron chi connectivity index (χ0n) is 14.3. The topological polar surface area (TPSA) is 15.3 Å². The van der Waals surface area contributed by atoms with E-state index in [2.05, 4.69) is 37.9 Å². The second-order valence-electron chi connectivity index (χ2n) is 7.88. The van der Waals surface area contributed by atoms with Gasteiger partial charge in [0.25, 0.3) is 0 Å². The molecule has 1 aliphatic heterocycles. The van der Waals surface area contributed by atoms with Gasteiger partial charge in [0.15, 0.2) is 0 Å². The maximum Gasteiger partial charge on any atom is 0.0108 e. The Bertz CT molecular complexity index is 287. The molecule has 0 aromatic carbocycles. The lowest BCUT2D eigenvalue weighted by atomic mass is 9.69. The van der Waals surface area contributed by atoms with Gasteiger partial charge in [0.1, 0.15) is 0 Å². The van der Waals surface area contributed by atoms with Crippen molar-refractivity contribution in [3.63, 3.8) is 0 Å². The van der Waals surface area contributed by atoms with Crippen LogP contribution in [0.1, 0.15) is 72.6 Å². The fraction of sp³-hybridized carbons (Fsp3) is 1.00. The summed E-state index contributed by atoms with van der Waals surface area (Å²) in [6, 6.07) is 1.61. The molecule has 1 saturated heterocycles. The second-order valence-corrected chi connectivity index (χ2v) is 7.88. The summed E-state index contributed by atoms with van der Waals surface area (Å²) < 4.78 is 0. The number of nitrogens with zero attached hydrogens (tertiary/aromatic N) is 1. The van der Waals surface area contributed by atoms with Crippen molar-refractivity contribution in [2.75, 3.05) is 19.6 Å². The molecule has 3 atom stereocenters. The average molecular weight is 280 g/mol. The van der Waals surface area contributed by atoms with E-state index in [1.165, 1.54) is 58.0 Å². The highest BCUT2D eigenvalue weighted by atomic mass is 15.2. The van der Waals surface area contributed by atoms with Gasteiger partial charge in [-0.25, -0.2) is 0 Å². The molecule has 0 spiro atoms. The highest BCUT2D eigenvalue weighted by molar-refractivity contribution is 4.91. The monoisotopic (exact) mass is 280 g/mol. The molecule has 0 aromatic rings. The van der Waals surface area contributed by atoms with Gasteiger partial charge in [0.2, 0.25) is 0 Å². The van der Waals surface area contributed by atoms with E-state index in [1.807, 2.05) is 0 Å². The van der Waals surface area contributed by atoms with Gasteiger partial charge in [-0.05, 0) is 62.9 Å². The first kappa shape index (κ1) is 16.3. The van der Waals surface area contributed by atoms with Crippen LogP contribution in [-0.4, -0.2) is 36.6 Å². The quantitative estimate of drug-likeness (QED) is 0.817. The number of rotatable bonds is 5. The summed E-state index contributed by atoms with van der Waals surface area (Å²) in [6.07, 6.45) is 9.78. The van der Waals surface area contributed by atoms with Crippen LogP contribution in [0.5, 0.6) is 0 Å². The van der Waals surface area contributed by atoms with Gasteiger partial charge >= 0.3 is 0 Å². The zero-order valence-corrected chi connectivity index (χ0v) is 14.3. The number of nitrogens with one attached hydrogen (secondary N) is 1. The number of piperidine rings is 1. The number of likely N-dealkylation sites (tertiary alicyclic amines) is 1. The molecule has 2 nitrogen and oxygen atoms in total. The average Bonchev–Trinajstić information content (AvgIpc) is 2.42. The minimum atomic E-state index is 0.550. The molecule has 1 heterocycles. The lowest BCUT2D eigenvalue weighted by Gasteiger charge is -2.45. The Morgan fingerprint density at radius 3 is 2.65 bits per heavy atom. The van der Waals surface area contributed by atoms with E-state index in [-0.39, 0.29) is 0 Å². The molecule has 20 heavy (non-hydrogen) atoms. The van der Waals surface area contributed by atoms with Crippen molar-refractivity contribution < 1.29 is 0 Å². The molecule has 2 rings (SSSR count). The molecular formula is C18H36N2. The second kappa shape index (κ2) is 7.26. The summed E-state index contributed by atoms with van der Waals surface area (Å²) in [4.78, 5) is 2.82. The molecule has 2 heteroatoms. The lowest BCUT2D eigenvalue weighted by molar-refractivity contribution is 0.0644. The summed E-state index contributed by atoms with van der Waals surface area (Å²) in [6.45, 7) is 13.4. The summed E-state index contributed by atoms with van der Waals surface area (Å²) in [5.41, 5.74) is 0.550. The Kier molecular flexibility index (Phi) is 5.92. The van der Waals surface area contributed by atoms with Gasteiger partial charge in [-0.1, -0.05) is 34.1 Å². The SMILES string of the molecule is CCNC1CCC(C)(C)CC1CN1CCCCC1CC. The van der Waals surface area contributed by atoms with Crippen LogP contribution in [0.2, 0.25) is 0 Å². The molecule has 0 bridgehead atoms. The van der Waals surface area contributed by atoms with E-state index in [1.54, 1.807) is 0 Å². The molecule has 1 N–H and O–H groups in total. The normalized spacial score (nSPS) is 35.1. The number of hydrogen-bond acceptors (Lipinski definition) is 2. The van der Waals surface area contributed by atoms with Crippen LogP contribution >= 0.6 is 0 Å². The van der Waals surface area contributed by atoms with Crippen LogP contribution in [0, 0.1) is 11.3 Å². The minimum absolute atomic E-state index is 0.550. The molecule has 0 amide bonds. The van der Waals surface area contributed by atoms with Crippen LogP contribution in [-0.2, 0) is 0 Å². The molecule has 0 radical (unpaired) electrons. The van der Waals surface area contributed by atoms with E-state index < -0.39 is 0 Å². The molecule has 1 saturated carbocycles. The van der Waals surface area contributed by atoms with E-state index in [0.717, 1.165) is 24.5 Å². The van der Waals surface area contributed by atoms with Crippen LogP contribution < -0.4 is 5.32 Å². The Morgan fingerprint density at radius 1 is 1.15 bits per heavy atom. The third kappa shape index (κ3) is 4.21. The molecule has 2 fully saturated rings. The van der Waals surface area contributed by atoms with Gasteiger partial charge in [-0.15, -0.1) is 0 Å². The first-order chi connectivity index (χ1) is 9.55. The molecule has 0 aromatic heterocycles. The van der Waals surface area contributed by atoms with Crippen molar-refractivity contribution in [2.45, 2.75) is 84.7 Å². The Balaban J connectivity index is 1.98. The molecule has 118 valence electrons. The standard InChI is InChI=1S/C18H36N2/c1-5-16-9-7-8-12-20(16)14-15-13-18(3,4)11-10-17(15)19-6-2/h15-17,19H,5-14H2,1-4H3. The van der Waals surface area contributed by atoms with Crippen molar-refractivity contribution in [1.82, 2.24) is 10.2 Å². The summed E-state index contributed by atoms with van der Waals surface area (Å²) in [7, 11) is 0. The molecule has 2 aliphatic rings. The van der Waals surface area contributed by atoms with Crippen molar-refractivity contribution in [2.24, 2.45) is 11.3 Å². The maximum absolute atomic E-state index is 3.77. The first-order valence-electron chi connectivity index (χ1n) is 9.03. The van der Waals surface area contributed by atoms with E-state index >= 15 is 0 Å². The maximum atomic E-state index is 3.77. The highest BCUT2D eigenvalue weighted by Gasteiger charge is 2.36. The molecule has 3 unspecified atom stereocenters. The number of hydrogen-bond donors (Lipinski definition) is 1. The predicted molar refractivity (Wildman–Crippen MR) is 88.1 cm³/mol. The summed E-state index contributed by atoms with van der Waals surface area (Å²) >= 11 is 0. The lowest BCUT2D eigenvalue weighted by Crippen LogP contribution is -2.50. The van der Waals surface area contributed by atoms with Gasteiger partial charge < -0.3 is 10.2 Å². The van der Waals surface area contributed by atoms with Crippen LogP contribution in [0.3, 0.4) is 0 Å². The third-order valence-electron chi connectivity index (χ3n) is 5.67. The zero-order chi connectivity index (χ0) is 14.6. The van der Waals surface area contributed by atoms with Crippen molar-refractivity contribution in [3.05, 3.63) is 0 Å². The summed E-state index contributed by atoms with van der Waals surface area (Å²) in [5.74, 6) is 0.853. The summed E-state index contributed by atoms with van der Waals surface area (Å²) in [5, 5.41) is 3.77. The van der Waals surface area contributed by atoms with Gasteiger partial charge in [0, 0.05) is 18.6 Å². The van der Waals surface area contributed by atoms with Crippen LogP contribution in [0.15, 0.2) is 0 Å². The molecular weight excluding hydrogens is 244 g/mol. The van der Waals surface area contributed by atoms with E-state index in [0.29, 0.717) is 5.41 Å². The van der Waals surface area contributed by atoms with Crippen molar-refractivity contribution in [3.8, 4) is 0 Å². The Hall–Kier alpha value is -0.0800. The van der Waals surface area contributed by atoms with E-state index in [9.17, 15) is 0 Å². The van der Waals surface area contributed by atoms with Gasteiger partial charge in [-0.2, -0.15) is 0 Å². The fourth-order valence-electron chi connectivity index (χ4n) is 4.52. The predicted octanol–water partition coefficient (Wildman–Crippen LogP) is 4.06. The van der Waals surface area contributed by atoms with Gasteiger partial charge in [-0.3, -0.25) is 0 Å². The Labute approximate surface area is 126 Å². The van der Waals surface area contributed by atoms with Crippen molar-refractivity contribution in [1.29, 1.82) is 0 Å². The largest absolute Gasteiger partial charge is 0.314 e. The van der Waals surface area contributed by atoms with E-state index in [4.69, 9.17) is 0 Å². The Morgan fingerprint density at radius 2 is 1.95 bits per heavy atom. The third-order valence-corrected chi connectivity index (χ3v) is 5.67. The highest BCUT2D eigenvalue weighted by Crippen LogP contribution is 2.39. The van der Waals surface area contributed by atoms with Crippen LogP contribution in [0.4, 0.5) is 0 Å². The fourth-order valence-corrected chi connectivity index (χ4v) is 4.52. The van der Waals surface area contributed by atoms with Crippen molar-refractivity contribution >= 4 is 0 Å².